The topological polar surface area (TPSA) is 54.9 Å². The van der Waals surface area contributed by atoms with Crippen molar-refractivity contribution in [1.29, 1.82) is 0 Å². The van der Waals surface area contributed by atoms with E-state index in [2.05, 4.69) is 9.88 Å². The minimum atomic E-state index is -0.108. The number of fused-ring (bicyclic) bond motifs is 1. The first kappa shape index (κ1) is 16.7. The standard InChI is InChI=1S/C20H23N3O3/c1-25-18-3-2-15-12-16(14-26-19(15)13-18)20(24)23-10-8-22(9-11-23)17-4-6-21-7-5-17/h2-7,13,16H,8-12,14H2,1H3/t16-/m1/s1. The molecule has 4 rings (SSSR count). The summed E-state index contributed by atoms with van der Waals surface area (Å²) in [6, 6.07) is 9.83. The fourth-order valence-electron chi connectivity index (χ4n) is 3.64. The summed E-state index contributed by atoms with van der Waals surface area (Å²) in [7, 11) is 1.64. The van der Waals surface area contributed by atoms with Crippen molar-refractivity contribution in [2.45, 2.75) is 6.42 Å². The van der Waals surface area contributed by atoms with E-state index in [1.54, 1.807) is 19.5 Å². The van der Waals surface area contributed by atoms with Gasteiger partial charge in [0.05, 0.1) is 13.0 Å². The molecule has 3 heterocycles. The molecule has 0 radical (unpaired) electrons. The van der Waals surface area contributed by atoms with Crippen molar-refractivity contribution in [2.75, 3.05) is 44.8 Å². The van der Waals surface area contributed by atoms with Crippen LogP contribution >= 0.6 is 0 Å². The maximum atomic E-state index is 12.9. The molecule has 1 aromatic heterocycles. The third-order valence-electron chi connectivity index (χ3n) is 5.15. The van der Waals surface area contributed by atoms with Crippen molar-refractivity contribution in [3.8, 4) is 11.5 Å². The molecule has 6 nitrogen and oxygen atoms in total. The van der Waals surface area contributed by atoms with Gasteiger partial charge in [0.15, 0.2) is 0 Å². The molecule has 0 saturated carbocycles. The summed E-state index contributed by atoms with van der Waals surface area (Å²) in [5, 5.41) is 0. The molecule has 1 amide bonds. The second kappa shape index (κ2) is 7.23. The van der Waals surface area contributed by atoms with Crippen molar-refractivity contribution in [3.05, 3.63) is 48.3 Å². The Morgan fingerprint density at radius 1 is 1.15 bits per heavy atom. The number of ether oxygens (including phenoxy) is 2. The molecule has 0 aliphatic carbocycles. The van der Waals surface area contributed by atoms with Crippen LogP contribution in [0, 0.1) is 5.92 Å². The van der Waals surface area contributed by atoms with Crippen molar-refractivity contribution >= 4 is 11.6 Å². The average molecular weight is 353 g/mol. The zero-order valence-electron chi connectivity index (χ0n) is 14.9. The van der Waals surface area contributed by atoms with E-state index >= 15 is 0 Å². The average Bonchev–Trinajstić information content (AvgIpc) is 2.73. The number of methoxy groups -OCH3 is 1. The van der Waals surface area contributed by atoms with Gasteiger partial charge in [0, 0.05) is 50.3 Å². The number of carbonyl (C=O) groups excluding carboxylic acids is 1. The highest BCUT2D eigenvalue weighted by Crippen LogP contribution is 2.31. The normalized spacial score (nSPS) is 19.5. The van der Waals surface area contributed by atoms with Crippen molar-refractivity contribution in [3.63, 3.8) is 0 Å². The predicted molar refractivity (Wildman–Crippen MR) is 98.7 cm³/mol. The number of nitrogens with zero attached hydrogens (tertiary/aromatic N) is 3. The second-order valence-corrected chi connectivity index (χ2v) is 6.70. The Hall–Kier alpha value is -2.76. The van der Waals surface area contributed by atoms with Gasteiger partial charge < -0.3 is 19.3 Å². The van der Waals surface area contributed by atoms with Gasteiger partial charge in [-0.05, 0) is 30.2 Å². The van der Waals surface area contributed by atoms with Gasteiger partial charge in [0.2, 0.25) is 5.91 Å². The molecule has 1 saturated heterocycles. The lowest BCUT2D eigenvalue weighted by molar-refractivity contribution is -0.137. The Morgan fingerprint density at radius 3 is 2.65 bits per heavy atom. The van der Waals surface area contributed by atoms with Crippen LogP contribution in [0.25, 0.3) is 0 Å². The molecule has 136 valence electrons. The van der Waals surface area contributed by atoms with Gasteiger partial charge >= 0.3 is 0 Å². The third kappa shape index (κ3) is 3.31. The molecule has 0 unspecified atom stereocenters. The number of pyridine rings is 1. The Bertz CT molecular complexity index is 773. The predicted octanol–water partition coefficient (Wildman–Crippen LogP) is 1.99. The fraction of sp³-hybridized carbons (Fsp3) is 0.400. The molecule has 1 fully saturated rings. The van der Waals surface area contributed by atoms with Crippen LogP contribution in [-0.2, 0) is 11.2 Å². The molecule has 1 atom stereocenters. The van der Waals surface area contributed by atoms with Crippen LogP contribution < -0.4 is 14.4 Å². The summed E-state index contributed by atoms with van der Waals surface area (Å²) in [4.78, 5) is 21.3. The third-order valence-corrected chi connectivity index (χ3v) is 5.15. The molecular weight excluding hydrogens is 330 g/mol. The molecular formula is C20H23N3O3. The van der Waals surface area contributed by atoms with E-state index in [-0.39, 0.29) is 11.8 Å². The Balaban J connectivity index is 1.37. The lowest BCUT2D eigenvalue weighted by atomic mass is 9.95. The van der Waals surface area contributed by atoms with Gasteiger partial charge in [0.25, 0.3) is 0 Å². The quantitative estimate of drug-likeness (QED) is 0.845. The number of carbonyl (C=O) groups is 1. The smallest absolute Gasteiger partial charge is 0.229 e. The van der Waals surface area contributed by atoms with Crippen molar-refractivity contribution in [2.24, 2.45) is 5.92 Å². The first-order valence-electron chi connectivity index (χ1n) is 8.98. The van der Waals surface area contributed by atoms with Gasteiger partial charge in [-0.2, -0.15) is 0 Å². The molecule has 2 aromatic rings. The van der Waals surface area contributed by atoms with Gasteiger partial charge in [-0.15, -0.1) is 0 Å². The van der Waals surface area contributed by atoms with E-state index in [0.29, 0.717) is 6.61 Å². The van der Waals surface area contributed by atoms with Gasteiger partial charge in [-0.3, -0.25) is 9.78 Å². The molecule has 6 heteroatoms. The first-order valence-corrected chi connectivity index (χ1v) is 8.98. The number of aromatic nitrogens is 1. The number of benzene rings is 1. The largest absolute Gasteiger partial charge is 0.497 e. The maximum Gasteiger partial charge on any atom is 0.229 e. The summed E-state index contributed by atoms with van der Waals surface area (Å²) in [5.41, 5.74) is 2.24. The Labute approximate surface area is 153 Å². The van der Waals surface area contributed by atoms with Crippen molar-refractivity contribution < 1.29 is 14.3 Å². The van der Waals surface area contributed by atoms with Crippen LogP contribution in [0.1, 0.15) is 5.56 Å². The molecule has 1 aromatic carbocycles. The van der Waals surface area contributed by atoms with Crippen LogP contribution in [0.5, 0.6) is 11.5 Å². The summed E-state index contributed by atoms with van der Waals surface area (Å²) in [6.45, 7) is 3.61. The van der Waals surface area contributed by atoms with E-state index in [9.17, 15) is 4.79 Å². The summed E-state index contributed by atoms with van der Waals surface area (Å²) < 4.78 is 11.1. The van der Waals surface area contributed by atoms with Gasteiger partial charge in [0.1, 0.15) is 18.1 Å². The van der Waals surface area contributed by atoms with Gasteiger partial charge in [-0.25, -0.2) is 0 Å². The van der Waals surface area contributed by atoms with Crippen LogP contribution in [0.15, 0.2) is 42.7 Å². The lowest BCUT2D eigenvalue weighted by Gasteiger charge is -2.38. The number of rotatable bonds is 3. The van der Waals surface area contributed by atoms with Crippen molar-refractivity contribution in [1.82, 2.24) is 9.88 Å². The highest BCUT2D eigenvalue weighted by molar-refractivity contribution is 5.80. The zero-order chi connectivity index (χ0) is 17.9. The monoisotopic (exact) mass is 353 g/mol. The SMILES string of the molecule is COc1ccc2c(c1)OC[C@H](C(=O)N1CCN(c3ccncc3)CC1)C2. The highest BCUT2D eigenvalue weighted by Gasteiger charge is 2.31. The number of amides is 1. The van der Waals surface area contributed by atoms with E-state index in [1.807, 2.05) is 35.2 Å². The van der Waals surface area contributed by atoms with Crippen LogP contribution in [0.3, 0.4) is 0 Å². The zero-order valence-corrected chi connectivity index (χ0v) is 14.9. The highest BCUT2D eigenvalue weighted by atomic mass is 16.5. The molecule has 2 aliphatic rings. The van der Waals surface area contributed by atoms with Crippen LogP contribution in [0.2, 0.25) is 0 Å². The Kier molecular flexibility index (Phi) is 4.65. The molecule has 0 spiro atoms. The molecule has 0 N–H and O–H groups in total. The summed E-state index contributed by atoms with van der Waals surface area (Å²) in [5.74, 6) is 1.70. The summed E-state index contributed by atoms with van der Waals surface area (Å²) >= 11 is 0. The Morgan fingerprint density at radius 2 is 1.92 bits per heavy atom. The van der Waals surface area contributed by atoms with E-state index in [4.69, 9.17) is 9.47 Å². The molecule has 26 heavy (non-hydrogen) atoms. The second-order valence-electron chi connectivity index (χ2n) is 6.70. The lowest BCUT2D eigenvalue weighted by Crippen LogP contribution is -2.51. The van der Waals surface area contributed by atoms with Crippen LogP contribution in [-0.4, -0.2) is 55.7 Å². The van der Waals surface area contributed by atoms with Crippen LogP contribution in [0.4, 0.5) is 5.69 Å². The first-order chi connectivity index (χ1) is 12.7. The van der Waals surface area contributed by atoms with E-state index in [1.165, 1.54) is 0 Å². The summed E-state index contributed by atoms with van der Waals surface area (Å²) in [6.07, 6.45) is 4.33. The number of anilines is 1. The number of hydrogen-bond donors (Lipinski definition) is 0. The minimum Gasteiger partial charge on any atom is -0.497 e. The fourth-order valence-corrected chi connectivity index (χ4v) is 3.64. The molecule has 0 bridgehead atoms. The maximum absolute atomic E-state index is 12.9. The number of hydrogen-bond acceptors (Lipinski definition) is 5. The minimum absolute atomic E-state index is 0.108. The van der Waals surface area contributed by atoms with E-state index < -0.39 is 0 Å². The van der Waals surface area contributed by atoms with Gasteiger partial charge in [-0.1, -0.05) is 6.07 Å². The molecule has 2 aliphatic heterocycles. The number of piperazine rings is 1. The van der Waals surface area contributed by atoms with E-state index in [0.717, 1.165) is 55.3 Å².